The molecule has 2 aromatic rings. The Morgan fingerprint density at radius 1 is 1.33 bits per heavy atom. The molecule has 1 N–H and O–H groups in total. The van der Waals surface area contributed by atoms with Crippen LogP contribution in [0.3, 0.4) is 0 Å². The fourth-order valence-electron chi connectivity index (χ4n) is 2.59. The van der Waals surface area contributed by atoms with Gasteiger partial charge in [-0.15, -0.1) is 11.3 Å². The summed E-state index contributed by atoms with van der Waals surface area (Å²) in [4.78, 5) is 5.69. The van der Waals surface area contributed by atoms with Crippen LogP contribution in [0.5, 0.6) is 0 Å². The molecule has 0 amide bonds. The Morgan fingerprint density at radius 2 is 2.17 bits per heavy atom. The van der Waals surface area contributed by atoms with E-state index in [1.807, 2.05) is 6.20 Å². The van der Waals surface area contributed by atoms with Crippen molar-refractivity contribution in [3.8, 4) is 0 Å². The van der Waals surface area contributed by atoms with Gasteiger partial charge < -0.3 is 5.32 Å². The monoisotopic (exact) mass is 258 g/mol. The van der Waals surface area contributed by atoms with Gasteiger partial charge in [0.1, 0.15) is 5.01 Å². The molecule has 1 heterocycles. The number of thiazole rings is 1. The summed E-state index contributed by atoms with van der Waals surface area (Å²) in [6, 6.07) is 9.41. The van der Waals surface area contributed by atoms with E-state index in [9.17, 15) is 0 Å². The molecule has 94 valence electrons. The van der Waals surface area contributed by atoms with E-state index in [-0.39, 0.29) is 0 Å². The van der Waals surface area contributed by atoms with Gasteiger partial charge in [-0.1, -0.05) is 24.3 Å². The van der Waals surface area contributed by atoms with Crippen LogP contribution in [0.25, 0.3) is 0 Å². The summed E-state index contributed by atoms with van der Waals surface area (Å²) in [5.41, 5.74) is 3.04. The molecule has 1 aromatic heterocycles. The van der Waals surface area contributed by atoms with Gasteiger partial charge in [0.15, 0.2) is 0 Å². The molecule has 0 aliphatic heterocycles. The van der Waals surface area contributed by atoms with E-state index in [4.69, 9.17) is 0 Å². The zero-order chi connectivity index (χ0) is 12.4. The SMILES string of the molecule is Cc1cnc(CNC2CCc3ccccc3C2)s1. The van der Waals surface area contributed by atoms with Crippen molar-refractivity contribution in [1.29, 1.82) is 0 Å². The average molecular weight is 258 g/mol. The lowest BCUT2D eigenvalue weighted by molar-refractivity contribution is 0.457. The van der Waals surface area contributed by atoms with Crippen molar-refractivity contribution >= 4 is 11.3 Å². The van der Waals surface area contributed by atoms with E-state index in [1.54, 1.807) is 11.3 Å². The quantitative estimate of drug-likeness (QED) is 0.915. The Hall–Kier alpha value is -1.19. The second-order valence-electron chi connectivity index (χ2n) is 4.95. The molecule has 1 unspecified atom stereocenters. The van der Waals surface area contributed by atoms with Gasteiger partial charge >= 0.3 is 0 Å². The number of nitrogens with one attached hydrogen (secondary N) is 1. The van der Waals surface area contributed by atoms with Crippen molar-refractivity contribution in [3.05, 3.63) is 51.5 Å². The van der Waals surface area contributed by atoms with Gasteiger partial charge in [0.2, 0.25) is 0 Å². The Bertz CT molecular complexity index is 533. The van der Waals surface area contributed by atoms with Crippen molar-refractivity contribution in [1.82, 2.24) is 10.3 Å². The van der Waals surface area contributed by atoms with Crippen LogP contribution in [0.1, 0.15) is 27.4 Å². The summed E-state index contributed by atoms with van der Waals surface area (Å²) in [5.74, 6) is 0. The lowest BCUT2D eigenvalue weighted by atomic mass is 9.88. The number of aromatic nitrogens is 1. The number of hydrogen-bond acceptors (Lipinski definition) is 3. The van der Waals surface area contributed by atoms with E-state index < -0.39 is 0 Å². The van der Waals surface area contributed by atoms with Crippen LogP contribution in [0.4, 0.5) is 0 Å². The van der Waals surface area contributed by atoms with Crippen molar-refractivity contribution in [2.75, 3.05) is 0 Å². The molecule has 0 fully saturated rings. The standard InChI is InChI=1S/C15H18N2S/c1-11-9-17-15(18-11)10-16-14-7-6-12-4-2-3-5-13(12)8-14/h2-5,9,14,16H,6-8,10H2,1H3. The largest absolute Gasteiger partial charge is 0.307 e. The van der Waals surface area contributed by atoms with Gasteiger partial charge in [0.05, 0.1) is 0 Å². The predicted octanol–water partition coefficient (Wildman–Crippen LogP) is 3.10. The molecular formula is C15H18N2S. The second kappa shape index (κ2) is 5.21. The highest BCUT2D eigenvalue weighted by Crippen LogP contribution is 2.21. The summed E-state index contributed by atoms with van der Waals surface area (Å²) in [7, 11) is 0. The molecule has 1 atom stereocenters. The second-order valence-corrected chi connectivity index (χ2v) is 6.27. The molecule has 2 nitrogen and oxygen atoms in total. The molecule has 0 bridgehead atoms. The molecular weight excluding hydrogens is 240 g/mol. The number of nitrogens with zero attached hydrogens (tertiary/aromatic N) is 1. The van der Waals surface area contributed by atoms with Gasteiger partial charge in [0, 0.05) is 23.7 Å². The van der Waals surface area contributed by atoms with Crippen LogP contribution in [0.2, 0.25) is 0 Å². The molecule has 0 saturated carbocycles. The average Bonchev–Trinajstić information content (AvgIpc) is 2.82. The molecule has 0 radical (unpaired) electrons. The van der Waals surface area contributed by atoms with Crippen molar-refractivity contribution in [2.24, 2.45) is 0 Å². The van der Waals surface area contributed by atoms with E-state index >= 15 is 0 Å². The number of fused-ring (bicyclic) bond motifs is 1. The summed E-state index contributed by atoms with van der Waals surface area (Å²) in [6.07, 6.45) is 5.55. The number of rotatable bonds is 3. The lowest BCUT2D eigenvalue weighted by Gasteiger charge is -2.25. The van der Waals surface area contributed by atoms with Gasteiger partial charge in [0.25, 0.3) is 0 Å². The Kier molecular flexibility index (Phi) is 3.43. The van der Waals surface area contributed by atoms with Gasteiger partial charge in [-0.2, -0.15) is 0 Å². The van der Waals surface area contributed by atoms with Crippen LogP contribution in [0, 0.1) is 6.92 Å². The molecule has 0 saturated heterocycles. The first-order valence-corrected chi connectivity index (χ1v) is 7.34. The maximum absolute atomic E-state index is 4.40. The summed E-state index contributed by atoms with van der Waals surface area (Å²) in [5, 5.41) is 4.84. The zero-order valence-electron chi connectivity index (χ0n) is 10.6. The zero-order valence-corrected chi connectivity index (χ0v) is 11.5. The number of benzene rings is 1. The fraction of sp³-hybridized carbons (Fsp3) is 0.400. The highest BCUT2D eigenvalue weighted by atomic mass is 32.1. The number of aryl methyl sites for hydroxylation is 2. The summed E-state index contributed by atoms with van der Waals surface area (Å²) in [6.45, 7) is 3.02. The minimum absolute atomic E-state index is 0.601. The predicted molar refractivity (Wildman–Crippen MR) is 75.9 cm³/mol. The van der Waals surface area contributed by atoms with Crippen molar-refractivity contribution in [3.63, 3.8) is 0 Å². The molecule has 18 heavy (non-hydrogen) atoms. The Morgan fingerprint density at radius 3 is 2.94 bits per heavy atom. The van der Waals surface area contributed by atoms with Crippen LogP contribution < -0.4 is 5.32 Å². The number of hydrogen-bond donors (Lipinski definition) is 1. The van der Waals surface area contributed by atoms with Gasteiger partial charge in [-0.05, 0) is 37.3 Å². The topological polar surface area (TPSA) is 24.9 Å². The van der Waals surface area contributed by atoms with Crippen LogP contribution in [0.15, 0.2) is 30.5 Å². The maximum atomic E-state index is 4.40. The third-order valence-electron chi connectivity index (χ3n) is 3.56. The molecule has 0 spiro atoms. The molecule has 3 rings (SSSR count). The Balaban J connectivity index is 1.59. The minimum atomic E-state index is 0.601. The van der Waals surface area contributed by atoms with E-state index in [0.29, 0.717) is 6.04 Å². The van der Waals surface area contributed by atoms with Crippen molar-refractivity contribution < 1.29 is 0 Å². The van der Waals surface area contributed by atoms with Gasteiger partial charge in [-0.25, -0.2) is 4.98 Å². The molecule has 1 aliphatic carbocycles. The first-order chi connectivity index (χ1) is 8.81. The molecule has 1 aliphatic rings. The third kappa shape index (κ3) is 2.62. The Labute approximate surface area is 112 Å². The van der Waals surface area contributed by atoms with Crippen LogP contribution >= 0.6 is 11.3 Å². The normalized spacial score (nSPS) is 18.6. The first kappa shape index (κ1) is 11.9. The highest BCUT2D eigenvalue weighted by molar-refractivity contribution is 7.11. The lowest BCUT2D eigenvalue weighted by Crippen LogP contribution is -2.34. The summed E-state index contributed by atoms with van der Waals surface area (Å²) >= 11 is 1.79. The van der Waals surface area contributed by atoms with E-state index in [1.165, 1.54) is 33.9 Å². The van der Waals surface area contributed by atoms with Gasteiger partial charge in [-0.3, -0.25) is 0 Å². The third-order valence-corrected chi connectivity index (χ3v) is 4.47. The van der Waals surface area contributed by atoms with E-state index in [2.05, 4.69) is 41.5 Å². The van der Waals surface area contributed by atoms with Crippen LogP contribution in [-0.2, 0) is 19.4 Å². The van der Waals surface area contributed by atoms with E-state index in [0.717, 1.165) is 13.0 Å². The minimum Gasteiger partial charge on any atom is -0.307 e. The van der Waals surface area contributed by atoms with Crippen LogP contribution in [-0.4, -0.2) is 11.0 Å². The fourth-order valence-corrected chi connectivity index (χ4v) is 3.32. The summed E-state index contributed by atoms with van der Waals surface area (Å²) < 4.78 is 0. The highest BCUT2D eigenvalue weighted by Gasteiger charge is 2.17. The molecule has 3 heteroatoms. The van der Waals surface area contributed by atoms with Crippen molar-refractivity contribution in [2.45, 2.75) is 38.8 Å². The maximum Gasteiger partial charge on any atom is 0.107 e. The first-order valence-electron chi connectivity index (χ1n) is 6.53. The molecule has 1 aromatic carbocycles. The smallest absolute Gasteiger partial charge is 0.107 e.